The van der Waals surface area contributed by atoms with Gasteiger partial charge in [0.1, 0.15) is 13.2 Å². The summed E-state index contributed by atoms with van der Waals surface area (Å²) >= 11 is 0. The molecule has 1 unspecified atom stereocenters. The molecule has 0 rings (SSSR count). The van der Waals surface area contributed by atoms with Crippen LogP contribution in [0, 0.1) is 0 Å². The van der Waals surface area contributed by atoms with Gasteiger partial charge in [0.25, 0.3) is 0 Å². The molecule has 0 N–H and O–H groups in total. The van der Waals surface area contributed by atoms with Gasteiger partial charge in [-0.25, -0.2) is 0 Å². The molecule has 0 amide bonds. The van der Waals surface area contributed by atoms with Crippen LogP contribution in [0.5, 0.6) is 0 Å². The molecule has 442 valence electrons. The van der Waals surface area contributed by atoms with E-state index in [-0.39, 0.29) is 31.1 Å². The van der Waals surface area contributed by atoms with E-state index < -0.39 is 6.10 Å². The summed E-state index contributed by atoms with van der Waals surface area (Å²) in [6.45, 7) is 6.51. The number of hydrogen-bond acceptors (Lipinski definition) is 6. The molecule has 0 aliphatic rings. The highest BCUT2D eigenvalue weighted by Gasteiger charge is 2.19. The second kappa shape index (κ2) is 64.9. The molecule has 0 radical (unpaired) electrons. The smallest absolute Gasteiger partial charge is 0.306 e. The summed E-state index contributed by atoms with van der Waals surface area (Å²) in [5.41, 5.74) is 0. The maximum atomic E-state index is 12.9. The molecule has 1 atom stereocenters. The minimum atomic E-state index is -0.784. The van der Waals surface area contributed by atoms with Gasteiger partial charge in [-0.2, -0.15) is 0 Å². The molecule has 77 heavy (non-hydrogen) atoms. The minimum absolute atomic E-state index is 0.0798. The number of allylic oxidation sites excluding steroid dienone is 16. The quantitative estimate of drug-likeness (QED) is 0.0261. The van der Waals surface area contributed by atoms with Crippen LogP contribution in [-0.2, 0) is 28.6 Å². The normalized spacial score (nSPS) is 12.7. The summed E-state index contributed by atoms with van der Waals surface area (Å²) in [4.78, 5) is 38.3. The Morgan fingerprint density at radius 3 is 0.818 bits per heavy atom. The van der Waals surface area contributed by atoms with Crippen molar-refractivity contribution in [2.45, 2.75) is 322 Å². The maximum Gasteiger partial charge on any atom is 0.306 e. The molecule has 0 saturated heterocycles. The van der Waals surface area contributed by atoms with Gasteiger partial charge >= 0.3 is 17.9 Å². The van der Waals surface area contributed by atoms with E-state index in [2.05, 4.69) is 118 Å². The van der Waals surface area contributed by atoms with Crippen LogP contribution in [0.3, 0.4) is 0 Å². The minimum Gasteiger partial charge on any atom is -0.462 e. The van der Waals surface area contributed by atoms with E-state index in [4.69, 9.17) is 14.2 Å². The number of hydrogen-bond donors (Lipinski definition) is 0. The second-order valence-electron chi connectivity index (χ2n) is 21.6. The predicted octanol–water partition coefficient (Wildman–Crippen LogP) is 22.4. The number of ether oxygens (including phenoxy) is 3. The first-order chi connectivity index (χ1) is 38.0. The van der Waals surface area contributed by atoms with Crippen molar-refractivity contribution in [3.63, 3.8) is 0 Å². The number of carbonyl (C=O) groups excluding carboxylic acids is 3. The fourth-order valence-corrected chi connectivity index (χ4v) is 9.18. The summed E-state index contributed by atoms with van der Waals surface area (Å²) in [6, 6.07) is 0. The van der Waals surface area contributed by atoms with E-state index in [9.17, 15) is 14.4 Å². The third-order valence-corrected chi connectivity index (χ3v) is 14.1. The summed E-state index contributed by atoms with van der Waals surface area (Å²) in [7, 11) is 0. The van der Waals surface area contributed by atoms with Gasteiger partial charge in [0.05, 0.1) is 0 Å². The van der Waals surface area contributed by atoms with Crippen molar-refractivity contribution in [3.8, 4) is 0 Å². The SMILES string of the molecule is CC/C=C\C/C=C\C/C=C\C/C=C\C/C=C\C/C=C\CCCCCCCCCCCCCCC(=O)OCC(COC(=O)CCCCCCCCCCCCCCC)OC(=O)CCCCCCC/C=C\C/C=C\CCCCC. The first kappa shape index (κ1) is 73.3. The number of unbranched alkanes of at least 4 members (excludes halogenated alkanes) is 32. The van der Waals surface area contributed by atoms with Gasteiger partial charge in [0, 0.05) is 19.3 Å². The summed E-state index contributed by atoms with van der Waals surface area (Å²) in [6.07, 6.45) is 87.0. The summed E-state index contributed by atoms with van der Waals surface area (Å²) in [5, 5.41) is 0. The lowest BCUT2D eigenvalue weighted by Crippen LogP contribution is -2.30. The van der Waals surface area contributed by atoms with Gasteiger partial charge in [-0.15, -0.1) is 0 Å². The molecule has 0 heterocycles. The molecule has 0 bridgehead atoms. The fourth-order valence-electron chi connectivity index (χ4n) is 9.18. The van der Waals surface area contributed by atoms with Gasteiger partial charge in [-0.05, 0) is 103 Å². The number of carbonyl (C=O) groups is 3. The highest BCUT2D eigenvalue weighted by molar-refractivity contribution is 5.71. The lowest BCUT2D eigenvalue weighted by Gasteiger charge is -2.18. The highest BCUT2D eigenvalue weighted by atomic mass is 16.6. The van der Waals surface area contributed by atoms with Crippen LogP contribution < -0.4 is 0 Å². The second-order valence-corrected chi connectivity index (χ2v) is 21.6. The molecular weight excluding hydrogens is 949 g/mol. The first-order valence-electron chi connectivity index (χ1n) is 32.7. The zero-order valence-corrected chi connectivity index (χ0v) is 50.7. The molecule has 0 aliphatic heterocycles. The predicted molar refractivity (Wildman–Crippen MR) is 334 cm³/mol. The monoisotopic (exact) mass is 1070 g/mol. The van der Waals surface area contributed by atoms with Crippen LogP contribution in [-0.4, -0.2) is 37.2 Å². The van der Waals surface area contributed by atoms with Crippen LogP contribution in [0.4, 0.5) is 0 Å². The summed E-state index contributed by atoms with van der Waals surface area (Å²) in [5.74, 6) is -0.884. The van der Waals surface area contributed by atoms with Crippen LogP contribution in [0.2, 0.25) is 0 Å². The Kier molecular flexibility index (Phi) is 61.8. The van der Waals surface area contributed by atoms with Crippen molar-refractivity contribution in [1.29, 1.82) is 0 Å². The molecule has 0 spiro atoms. The largest absolute Gasteiger partial charge is 0.462 e. The average Bonchev–Trinajstić information content (AvgIpc) is 3.43. The Bertz CT molecular complexity index is 1510. The average molecular weight is 1070 g/mol. The topological polar surface area (TPSA) is 78.9 Å². The van der Waals surface area contributed by atoms with Crippen molar-refractivity contribution in [2.24, 2.45) is 0 Å². The van der Waals surface area contributed by atoms with Gasteiger partial charge in [0.15, 0.2) is 6.10 Å². The van der Waals surface area contributed by atoms with E-state index in [0.29, 0.717) is 19.3 Å². The Balaban J connectivity index is 4.23. The molecule has 0 aromatic rings. The number of rotatable bonds is 59. The van der Waals surface area contributed by atoms with Crippen molar-refractivity contribution in [3.05, 3.63) is 97.2 Å². The van der Waals surface area contributed by atoms with Crippen molar-refractivity contribution >= 4 is 17.9 Å². The maximum absolute atomic E-state index is 12.9. The van der Waals surface area contributed by atoms with E-state index in [1.807, 2.05) is 0 Å². The van der Waals surface area contributed by atoms with E-state index >= 15 is 0 Å². The van der Waals surface area contributed by atoms with Gasteiger partial charge < -0.3 is 14.2 Å². The van der Waals surface area contributed by atoms with Crippen LogP contribution >= 0.6 is 0 Å². The van der Waals surface area contributed by atoms with Gasteiger partial charge in [0.2, 0.25) is 0 Å². The van der Waals surface area contributed by atoms with Crippen LogP contribution in [0.1, 0.15) is 316 Å². The van der Waals surface area contributed by atoms with Crippen LogP contribution in [0.15, 0.2) is 97.2 Å². The molecule has 0 saturated carbocycles. The number of esters is 3. The van der Waals surface area contributed by atoms with E-state index in [1.165, 1.54) is 154 Å². The van der Waals surface area contributed by atoms with E-state index in [0.717, 1.165) is 122 Å². The highest BCUT2D eigenvalue weighted by Crippen LogP contribution is 2.16. The molecule has 0 fully saturated rings. The Hall–Kier alpha value is -3.67. The molecule has 0 aromatic heterocycles. The molecule has 6 heteroatoms. The third-order valence-electron chi connectivity index (χ3n) is 14.1. The Labute approximate surface area is 477 Å². The zero-order valence-electron chi connectivity index (χ0n) is 50.7. The molecular formula is C71H122O6. The first-order valence-corrected chi connectivity index (χ1v) is 32.7. The van der Waals surface area contributed by atoms with Crippen molar-refractivity contribution < 1.29 is 28.6 Å². The fraction of sp³-hybridized carbons (Fsp3) is 0.732. The standard InChI is InChI=1S/C71H122O6/c1-4-7-10-13-16-19-22-25-27-28-29-30-31-32-33-34-35-36-37-38-39-40-41-42-44-46-49-52-55-58-61-64-70(73)76-67-68(66-75-69(72)63-60-57-54-51-48-45-24-21-18-15-12-9-6-3)77-71(74)65-62-59-56-53-50-47-43-26-23-20-17-14-11-8-5-2/h7,10,16-17,19-20,25-27,29-30,32-33,35-36,43,68H,4-6,8-9,11-15,18,21-24,28,31,34,37-42,44-67H2,1-3H3/b10-7-,19-16-,20-17-,27-25-,30-29-,33-32-,36-35-,43-26-. The lowest BCUT2D eigenvalue weighted by atomic mass is 10.0. The van der Waals surface area contributed by atoms with Crippen LogP contribution in [0.25, 0.3) is 0 Å². The van der Waals surface area contributed by atoms with E-state index in [1.54, 1.807) is 0 Å². The van der Waals surface area contributed by atoms with Crippen molar-refractivity contribution in [2.75, 3.05) is 13.2 Å². The van der Waals surface area contributed by atoms with Crippen molar-refractivity contribution in [1.82, 2.24) is 0 Å². The van der Waals surface area contributed by atoms with Gasteiger partial charge in [-0.1, -0.05) is 291 Å². The Morgan fingerprint density at radius 2 is 0.506 bits per heavy atom. The summed E-state index contributed by atoms with van der Waals surface area (Å²) < 4.78 is 16.9. The molecule has 0 aromatic carbocycles. The molecule has 0 aliphatic carbocycles. The Morgan fingerprint density at radius 1 is 0.273 bits per heavy atom. The lowest BCUT2D eigenvalue weighted by molar-refractivity contribution is -0.167. The zero-order chi connectivity index (χ0) is 55.7. The third kappa shape index (κ3) is 63.0. The van der Waals surface area contributed by atoms with Gasteiger partial charge in [-0.3, -0.25) is 14.4 Å². The molecule has 6 nitrogen and oxygen atoms in total.